The van der Waals surface area contributed by atoms with Crippen LogP contribution < -0.4 is 5.73 Å². The number of rotatable bonds is 4. The molecule has 1 unspecified atom stereocenters. The van der Waals surface area contributed by atoms with E-state index in [0.717, 1.165) is 27.7 Å². The Labute approximate surface area is 132 Å². The fourth-order valence-corrected chi connectivity index (χ4v) is 2.81. The Morgan fingerprint density at radius 1 is 1.18 bits per heavy atom. The molecule has 4 nitrogen and oxygen atoms in total. The third kappa shape index (κ3) is 2.71. The number of carbonyl (C=O) groups is 1. The van der Waals surface area contributed by atoms with Gasteiger partial charge in [0.15, 0.2) is 0 Å². The highest BCUT2D eigenvalue weighted by molar-refractivity contribution is 6.30. The zero-order chi connectivity index (χ0) is 15.7. The van der Waals surface area contributed by atoms with Crippen LogP contribution in [0, 0.1) is 0 Å². The van der Waals surface area contributed by atoms with Crippen LogP contribution in [0.15, 0.2) is 48.5 Å². The van der Waals surface area contributed by atoms with Gasteiger partial charge in [-0.3, -0.25) is 4.79 Å². The van der Waals surface area contributed by atoms with Gasteiger partial charge in [0, 0.05) is 27.5 Å². The molecular formula is C17H15ClN2O2. The minimum absolute atomic E-state index is 0.123. The van der Waals surface area contributed by atoms with Crippen LogP contribution in [0.1, 0.15) is 18.0 Å². The molecule has 4 N–H and O–H groups in total. The Kier molecular flexibility index (Phi) is 3.88. The Balaban J connectivity index is 2.20. The average molecular weight is 315 g/mol. The van der Waals surface area contributed by atoms with Crippen LogP contribution in [0.5, 0.6) is 0 Å². The van der Waals surface area contributed by atoms with Gasteiger partial charge in [0.1, 0.15) is 0 Å². The van der Waals surface area contributed by atoms with E-state index < -0.39 is 12.0 Å². The molecule has 0 spiro atoms. The molecule has 0 radical (unpaired) electrons. The normalized spacial score (nSPS) is 12.5. The SMILES string of the molecule is NC(CC(=O)O)c1c(-c2ccc(Cl)cc2)[nH]c2ccccc12. The summed E-state index contributed by atoms with van der Waals surface area (Å²) in [6.07, 6.45) is -0.123. The van der Waals surface area contributed by atoms with Gasteiger partial charge in [-0.05, 0) is 23.8 Å². The van der Waals surface area contributed by atoms with E-state index >= 15 is 0 Å². The fraction of sp³-hybridized carbons (Fsp3) is 0.118. The number of halogens is 1. The quantitative estimate of drug-likeness (QED) is 0.682. The van der Waals surface area contributed by atoms with Gasteiger partial charge in [-0.2, -0.15) is 0 Å². The van der Waals surface area contributed by atoms with Gasteiger partial charge < -0.3 is 15.8 Å². The fourth-order valence-electron chi connectivity index (χ4n) is 2.68. The van der Waals surface area contributed by atoms with Crippen molar-refractivity contribution in [2.45, 2.75) is 12.5 Å². The topological polar surface area (TPSA) is 79.1 Å². The van der Waals surface area contributed by atoms with Crippen LogP contribution in [0.2, 0.25) is 5.02 Å². The molecule has 0 bridgehead atoms. The van der Waals surface area contributed by atoms with Gasteiger partial charge in [0.25, 0.3) is 0 Å². The second kappa shape index (κ2) is 5.83. The molecule has 1 aromatic heterocycles. The number of fused-ring (bicyclic) bond motifs is 1. The molecule has 0 saturated carbocycles. The summed E-state index contributed by atoms with van der Waals surface area (Å²) in [6.45, 7) is 0. The molecule has 0 aliphatic heterocycles. The highest BCUT2D eigenvalue weighted by Gasteiger charge is 2.20. The monoisotopic (exact) mass is 314 g/mol. The maximum Gasteiger partial charge on any atom is 0.305 e. The van der Waals surface area contributed by atoms with E-state index in [1.54, 1.807) is 12.1 Å². The highest BCUT2D eigenvalue weighted by atomic mass is 35.5. The predicted molar refractivity (Wildman–Crippen MR) is 87.9 cm³/mol. The van der Waals surface area contributed by atoms with Crippen LogP contribution in [0.25, 0.3) is 22.2 Å². The van der Waals surface area contributed by atoms with Crippen molar-refractivity contribution >= 4 is 28.5 Å². The Morgan fingerprint density at radius 2 is 1.86 bits per heavy atom. The van der Waals surface area contributed by atoms with Crippen LogP contribution in [-0.4, -0.2) is 16.1 Å². The van der Waals surface area contributed by atoms with Crippen molar-refractivity contribution in [2.24, 2.45) is 5.73 Å². The molecule has 0 amide bonds. The first-order chi connectivity index (χ1) is 10.6. The number of benzene rings is 2. The number of carboxylic acids is 1. The van der Waals surface area contributed by atoms with E-state index in [1.807, 2.05) is 36.4 Å². The Morgan fingerprint density at radius 3 is 2.55 bits per heavy atom. The smallest absolute Gasteiger partial charge is 0.305 e. The molecule has 0 aliphatic rings. The third-order valence-corrected chi connectivity index (χ3v) is 3.90. The van der Waals surface area contributed by atoms with Gasteiger partial charge in [-0.15, -0.1) is 0 Å². The van der Waals surface area contributed by atoms with Gasteiger partial charge in [-0.1, -0.05) is 41.9 Å². The highest BCUT2D eigenvalue weighted by Crippen LogP contribution is 2.35. The second-order valence-electron chi connectivity index (χ2n) is 5.17. The largest absolute Gasteiger partial charge is 0.481 e. The number of para-hydroxylation sites is 1. The number of nitrogens with one attached hydrogen (secondary N) is 1. The van der Waals surface area contributed by atoms with Crippen molar-refractivity contribution in [3.05, 3.63) is 59.1 Å². The number of aromatic amines is 1. The lowest BCUT2D eigenvalue weighted by Gasteiger charge is -2.12. The lowest BCUT2D eigenvalue weighted by Crippen LogP contribution is -2.15. The number of nitrogens with two attached hydrogens (primary N) is 1. The first kappa shape index (κ1) is 14.6. The first-order valence-electron chi connectivity index (χ1n) is 6.90. The molecule has 3 aromatic rings. The molecule has 2 aromatic carbocycles. The number of aromatic nitrogens is 1. The summed E-state index contributed by atoms with van der Waals surface area (Å²) >= 11 is 5.94. The van der Waals surface area contributed by atoms with Crippen molar-refractivity contribution < 1.29 is 9.90 Å². The number of carboxylic acid groups (broad SMARTS) is 1. The maximum absolute atomic E-state index is 11.0. The standard InChI is InChI=1S/C17H15ClN2O2/c18-11-7-5-10(6-8-11)17-16(13(19)9-15(21)22)12-3-1-2-4-14(12)20-17/h1-8,13,20H,9,19H2,(H,21,22). The van der Waals surface area contributed by atoms with Gasteiger partial charge in [-0.25, -0.2) is 0 Å². The molecule has 0 saturated heterocycles. The van der Waals surface area contributed by atoms with Crippen LogP contribution >= 0.6 is 11.6 Å². The number of H-pyrrole nitrogens is 1. The zero-order valence-corrected chi connectivity index (χ0v) is 12.5. The van der Waals surface area contributed by atoms with E-state index in [1.165, 1.54) is 0 Å². The van der Waals surface area contributed by atoms with E-state index in [-0.39, 0.29) is 6.42 Å². The minimum Gasteiger partial charge on any atom is -0.481 e. The summed E-state index contributed by atoms with van der Waals surface area (Å²) in [7, 11) is 0. The van der Waals surface area contributed by atoms with E-state index in [4.69, 9.17) is 22.4 Å². The number of hydrogen-bond acceptors (Lipinski definition) is 2. The van der Waals surface area contributed by atoms with Crippen molar-refractivity contribution in [1.29, 1.82) is 0 Å². The summed E-state index contributed by atoms with van der Waals surface area (Å²) in [5.74, 6) is -0.917. The minimum atomic E-state index is -0.917. The summed E-state index contributed by atoms with van der Waals surface area (Å²) in [5.41, 5.74) is 9.67. The molecule has 112 valence electrons. The van der Waals surface area contributed by atoms with Crippen molar-refractivity contribution in [2.75, 3.05) is 0 Å². The Hall–Kier alpha value is -2.30. The Bertz CT molecular complexity index is 824. The molecule has 22 heavy (non-hydrogen) atoms. The first-order valence-corrected chi connectivity index (χ1v) is 7.28. The maximum atomic E-state index is 11.0. The number of hydrogen-bond donors (Lipinski definition) is 3. The summed E-state index contributed by atoms with van der Waals surface area (Å²) in [6, 6.07) is 14.5. The molecule has 0 fully saturated rings. The summed E-state index contributed by atoms with van der Waals surface area (Å²) in [4.78, 5) is 14.4. The molecule has 1 atom stereocenters. The van der Waals surface area contributed by atoms with Gasteiger partial charge >= 0.3 is 5.97 Å². The zero-order valence-electron chi connectivity index (χ0n) is 11.7. The molecule has 5 heteroatoms. The molecule has 1 heterocycles. The van der Waals surface area contributed by atoms with Crippen LogP contribution in [0.4, 0.5) is 0 Å². The van der Waals surface area contributed by atoms with Crippen molar-refractivity contribution in [3.63, 3.8) is 0 Å². The summed E-state index contributed by atoms with van der Waals surface area (Å²) in [5, 5.41) is 10.6. The van der Waals surface area contributed by atoms with Crippen molar-refractivity contribution in [3.8, 4) is 11.3 Å². The summed E-state index contributed by atoms with van der Waals surface area (Å²) < 4.78 is 0. The van der Waals surface area contributed by atoms with Crippen LogP contribution in [-0.2, 0) is 4.79 Å². The van der Waals surface area contributed by atoms with E-state index in [9.17, 15) is 4.79 Å². The average Bonchev–Trinajstić information content (AvgIpc) is 2.86. The predicted octanol–water partition coefficient (Wildman–Crippen LogP) is 3.96. The van der Waals surface area contributed by atoms with Crippen molar-refractivity contribution in [1.82, 2.24) is 4.98 Å². The molecular weight excluding hydrogens is 300 g/mol. The lowest BCUT2D eigenvalue weighted by atomic mass is 9.97. The number of aliphatic carboxylic acids is 1. The van der Waals surface area contributed by atoms with E-state index in [2.05, 4.69) is 4.98 Å². The lowest BCUT2D eigenvalue weighted by molar-refractivity contribution is -0.137. The van der Waals surface area contributed by atoms with Gasteiger partial charge in [0.05, 0.1) is 12.1 Å². The molecule has 3 rings (SSSR count). The van der Waals surface area contributed by atoms with Gasteiger partial charge in [0.2, 0.25) is 0 Å². The van der Waals surface area contributed by atoms with Crippen LogP contribution in [0.3, 0.4) is 0 Å². The third-order valence-electron chi connectivity index (χ3n) is 3.64. The molecule has 0 aliphatic carbocycles. The van der Waals surface area contributed by atoms with E-state index in [0.29, 0.717) is 5.02 Å². The second-order valence-corrected chi connectivity index (χ2v) is 5.61.